The number of rotatable bonds is 4. The maximum absolute atomic E-state index is 13.3. The number of hydrogen-bond acceptors (Lipinski definition) is 4. The molecule has 4 unspecified atom stereocenters. The van der Waals surface area contributed by atoms with Crippen molar-refractivity contribution in [3.63, 3.8) is 0 Å². The van der Waals surface area contributed by atoms with E-state index in [0.717, 1.165) is 0 Å². The van der Waals surface area contributed by atoms with Crippen LogP contribution in [-0.2, 0) is 32.3 Å². The van der Waals surface area contributed by atoms with Gasteiger partial charge in [-0.3, -0.25) is 29.0 Å². The molecule has 2 bridgehead atoms. The topological polar surface area (TPSA) is 74.8 Å². The highest BCUT2D eigenvalue weighted by Crippen LogP contribution is 2.58. The first-order chi connectivity index (χ1) is 16.3. The van der Waals surface area contributed by atoms with Gasteiger partial charge in [0.05, 0.1) is 36.8 Å². The lowest BCUT2D eigenvalue weighted by Gasteiger charge is -2.44. The predicted molar refractivity (Wildman–Crippen MR) is 114 cm³/mol. The van der Waals surface area contributed by atoms with Crippen molar-refractivity contribution < 1.29 is 28.0 Å². The smallest absolute Gasteiger partial charge is 0.234 e. The Balaban J connectivity index is 1.28. The van der Waals surface area contributed by atoms with Crippen LogP contribution in [0, 0.1) is 47.1 Å². The summed E-state index contributed by atoms with van der Waals surface area (Å²) in [4.78, 5) is 55.7. The predicted octanol–water partition coefficient (Wildman–Crippen LogP) is 2.68. The Morgan fingerprint density at radius 2 is 0.824 bits per heavy atom. The molecule has 3 fully saturated rings. The number of amides is 4. The van der Waals surface area contributed by atoms with Crippen LogP contribution in [0.5, 0.6) is 0 Å². The van der Waals surface area contributed by atoms with Crippen LogP contribution in [0.2, 0.25) is 0 Å². The maximum atomic E-state index is 13.3. The van der Waals surface area contributed by atoms with Crippen LogP contribution in [0.1, 0.15) is 11.1 Å². The zero-order valence-electron chi connectivity index (χ0n) is 17.9. The van der Waals surface area contributed by atoms with Gasteiger partial charge < -0.3 is 0 Å². The lowest BCUT2D eigenvalue weighted by atomic mass is 9.54. The maximum Gasteiger partial charge on any atom is 0.234 e. The Morgan fingerprint density at radius 3 is 1.12 bits per heavy atom. The Morgan fingerprint density at radius 1 is 0.529 bits per heavy atom. The van der Waals surface area contributed by atoms with Gasteiger partial charge in [-0.15, -0.1) is 0 Å². The molecule has 2 aromatic carbocycles. The molecule has 8 heteroatoms. The van der Waals surface area contributed by atoms with E-state index in [-0.39, 0.29) is 36.7 Å². The number of likely N-dealkylation sites (tertiary alicyclic amines) is 2. The summed E-state index contributed by atoms with van der Waals surface area (Å²) in [6.45, 7) is 0.0522. The van der Waals surface area contributed by atoms with Gasteiger partial charge in [-0.05, 0) is 35.4 Å². The fourth-order valence-electron chi connectivity index (χ4n) is 6.21. The van der Waals surface area contributed by atoms with Crippen molar-refractivity contribution in [2.75, 3.05) is 0 Å². The van der Waals surface area contributed by atoms with Crippen molar-refractivity contribution in [3.8, 4) is 0 Å². The second-order valence-electron chi connectivity index (χ2n) is 9.42. The average molecular weight is 462 g/mol. The van der Waals surface area contributed by atoms with E-state index in [9.17, 15) is 28.0 Å². The first-order valence-electron chi connectivity index (χ1n) is 11.2. The summed E-state index contributed by atoms with van der Waals surface area (Å²) in [5, 5.41) is 0. The van der Waals surface area contributed by atoms with E-state index in [1.54, 1.807) is 0 Å². The lowest BCUT2D eigenvalue weighted by molar-refractivity contribution is -0.140. The van der Waals surface area contributed by atoms with Gasteiger partial charge in [0.15, 0.2) is 0 Å². The summed E-state index contributed by atoms with van der Waals surface area (Å²) in [6.07, 6.45) is 3.62. The molecular weight excluding hydrogens is 442 g/mol. The molecule has 6 nitrogen and oxygen atoms in total. The molecule has 0 N–H and O–H groups in total. The molecule has 34 heavy (non-hydrogen) atoms. The second kappa shape index (κ2) is 7.41. The number of carbonyl (C=O) groups excluding carboxylic acids is 4. The Hall–Kier alpha value is -3.68. The summed E-state index contributed by atoms with van der Waals surface area (Å²) < 4.78 is 26.5. The van der Waals surface area contributed by atoms with Gasteiger partial charge in [-0.2, -0.15) is 0 Å². The molecule has 172 valence electrons. The minimum atomic E-state index is -0.688. The summed E-state index contributed by atoms with van der Waals surface area (Å²) in [5.74, 6) is -6.06. The quantitative estimate of drug-likeness (QED) is 0.517. The van der Waals surface area contributed by atoms with Crippen molar-refractivity contribution in [1.82, 2.24) is 9.80 Å². The molecule has 0 spiro atoms. The third-order valence-corrected chi connectivity index (χ3v) is 7.70. The monoisotopic (exact) mass is 462 g/mol. The van der Waals surface area contributed by atoms with Crippen LogP contribution in [0.25, 0.3) is 0 Å². The first kappa shape index (κ1) is 20.9. The number of hydrogen-bond donors (Lipinski definition) is 0. The molecule has 0 radical (unpaired) electrons. The molecule has 5 aliphatic rings. The number of imide groups is 2. The number of benzene rings is 2. The van der Waals surface area contributed by atoms with Crippen LogP contribution < -0.4 is 0 Å². The normalized spacial score (nSPS) is 31.5. The van der Waals surface area contributed by atoms with E-state index in [2.05, 4.69) is 0 Å². The highest BCUT2D eigenvalue weighted by atomic mass is 19.1. The van der Waals surface area contributed by atoms with Crippen molar-refractivity contribution in [2.45, 2.75) is 13.1 Å². The molecule has 0 aromatic heterocycles. The molecule has 2 heterocycles. The molecule has 1 saturated carbocycles. The van der Waals surface area contributed by atoms with E-state index in [0.29, 0.717) is 11.1 Å². The van der Waals surface area contributed by atoms with E-state index >= 15 is 0 Å². The third-order valence-electron chi connectivity index (χ3n) is 7.70. The summed E-state index contributed by atoms with van der Waals surface area (Å²) in [6, 6.07) is 11.2. The fraction of sp³-hybridized carbons (Fsp3) is 0.308. The molecule has 2 aliphatic heterocycles. The third kappa shape index (κ3) is 2.90. The van der Waals surface area contributed by atoms with Gasteiger partial charge in [0, 0.05) is 11.8 Å². The standard InChI is InChI=1S/C26H20F2N2O4/c27-15-5-1-13(2-6-15)11-29-23(31)19-17-9-10-18(20(19)24(29)32)22-21(17)25(33)30(26(22)34)12-14-3-7-16(28)8-4-14/h1-10,17-22H,11-12H2/t17?,18?,19-,20?,21+,22?. The van der Waals surface area contributed by atoms with Crippen LogP contribution in [0.3, 0.4) is 0 Å². The highest BCUT2D eigenvalue weighted by molar-refractivity contribution is 6.10. The van der Waals surface area contributed by atoms with Crippen LogP contribution in [-0.4, -0.2) is 33.4 Å². The lowest BCUT2D eigenvalue weighted by Crippen LogP contribution is -2.50. The van der Waals surface area contributed by atoms with E-state index in [4.69, 9.17) is 0 Å². The number of nitrogens with zero attached hydrogens (tertiary/aromatic N) is 2. The number of carbonyl (C=O) groups is 4. The van der Waals surface area contributed by atoms with Crippen molar-refractivity contribution >= 4 is 23.6 Å². The Labute approximate surface area is 193 Å². The molecule has 7 rings (SSSR count). The largest absolute Gasteiger partial charge is 0.278 e. The van der Waals surface area contributed by atoms with Crippen LogP contribution in [0.15, 0.2) is 60.7 Å². The first-order valence-corrected chi connectivity index (χ1v) is 11.2. The summed E-state index contributed by atoms with van der Waals surface area (Å²) in [5.41, 5.74) is 1.25. The van der Waals surface area contributed by atoms with Crippen LogP contribution in [0.4, 0.5) is 8.78 Å². The zero-order valence-corrected chi connectivity index (χ0v) is 17.9. The molecule has 4 amide bonds. The Bertz CT molecular complexity index is 1120. The van der Waals surface area contributed by atoms with Crippen molar-refractivity contribution in [3.05, 3.63) is 83.4 Å². The minimum Gasteiger partial charge on any atom is -0.278 e. The van der Waals surface area contributed by atoms with E-state index in [1.807, 2.05) is 12.2 Å². The molecule has 2 saturated heterocycles. The summed E-state index contributed by atoms with van der Waals surface area (Å²) in [7, 11) is 0. The van der Waals surface area contributed by atoms with Gasteiger partial charge in [-0.25, -0.2) is 8.78 Å². The molecule has 3 aliphatic carbocycles. The number of halogens is 2. The number of allylic oxidation sites excluding steroid dienone is 2. The van der Waals surface area contributed by atoms with Gasteiger partial charge in [0.2, 0.25) is 23.6 Å². The van der Waals surface area contributed by atoms with Gasteiger partial charge in [0.25, 0.3) is 0 Å². The van der Waals surface area contributed by atoms with E-state index < -0.39 is 47.1 Å². The van der Waals surface area contributed by atoms with Crippen molar-refractivity contribution in [1.29, 1.82) is 0 Å². The van der Waals surface area contributed by atoms with Crippen molar-refractivity contribution in [2.24, 2.45) is 35.5 Å². The SMILES string of the molecule is O=C1C2C3C=CC([C@@H]2C(=O)N1Cc1ccc(F)cc1)[C@H]1C(=O)N(Cc2ccc(F)cc2)C(=O)C31. The second-order valence-corrected chi connectivity index (χ2v) is 9.42. The van der Waals surface area contributed by atoms with Gasteiger partial charge in [0.1, 0.15) is 11.6 Å². The zero-order chi connectivity index (χ0) is 23.7. The van der Waals surface area contributed by atoms with Gasteiger partial charge >= 0.3 is 0 Å². The summed E-state index contributed by atoms with van der Waals surface area (Å²) >= 11 is 0. The molecule has 2 aromatic rings. The molecular formula is C26H20F2N2O4. The van der Waals surface area contributed by atoms with Crippen LogP contribution >= 0.6 is 0 Å². The Kier molecular flexibility index (Phi) is 4.56. The molecule has 6 atom stereocenters. The average Bonchev–Trinajstić information content (AvgIpc) is 3.25. The van der Waals surface area contributed by atoms with E-state index in [1.165, 1.54) is 58.3 Å². The van der Waals surface area contributed by atoms with Gasteiger partial charge in [-0.1, -0.05) is 36.4 Å². The fourth-order valence-corrected chi connectivity index (χ4v) is 6.21. The highest BCUT2D eigenvalue weighted by Gasteiger charge is 2.68. The minimum absolute atomic E-state index is 0.0261.